The molecule has 0 saturated carbocycles. The van der Waals surface area contributed by atoms with Crippen LogP contribution in [-0.2, 0) is 4.79 Å². The fraction of sp³-hybridized carbons (Fsp3) is 0.231. The zero-order valence-electron chi connectivity index (χ0n) is 9.52. The van der Waals surface area contributed by atoms with Gasteiger partial charge in [0.25, 0.3) is 0 Å². The van der Waals surface area contributed by atoms with Crippen molar-refractivity contribution in [1.82, 2.24) is 0 Å². The molecule has 1 aromatic rings. The Hall–Kier alpha value is -2.14. The first-order chi connectivity index (χ1) is 8.66. The third-order valence-electron chi connectivity index (χ3n) is 3.45. The van der Waals surface area contributed by atoms with Gasteiger partial charge in [-0.15, -0.1) is 0 Å². The summed E-state index contributed by atoms with van der Waals surface area (Å²) in [5.74, 6) is -0.286. The number of rotatable bonds is 1. The average Bonchev–Trinajstić information content (AvgIpc) is 2.57. The van der Waals surface area contributed by atoms with E-state index in [9.17, 15) is 9.90 Å². The van der Waals surface area contributed by atoms with Crippen molar-refractivity contribution in [1.29, 1.82) is 0 Å². The maximum Gasteiger partial charge on any atom is 0.219 e. The predicted octanol–water partition coefficient (Wildman–Crippen LogP) is 0.923. The van der Waals surface area contributed by atoms with E-state index in [2.05, 4.69) is 5.16 Å². The Balaban J connectivity index is 2.15. The van der Waals surface area contributed by atoms with Crippen molar-refractivity contribution >= 4 is 17.2 Å². The quantitative estimate of drug-likeness (QED) is 0.569. The highest BCUT2D eigenvalue weighted by molar-refractivity contribution is 6.13. The van der Waals surface area contributed by atoms with Crippen LogP contribution in [-0.4, -0.2) is 33.6 Å². The molecule has 2 heterocycles. The van der Waals surface area contributed by atoms with Crippen LogP contribution in [0.4, 0.5) is 5.69 Å². The molecule has 18 heavy (non-hydrogen) atoms. The van der Waals surface area contributed by atoms with Gasteiger partial charge in [0, 0.05) is 12.1 Å². The van der Waals surface area contributed by atoms with Crippen LogP contribution in [0.15, 0.2) is 47.6 Å². The lowest BCUT2D eigenvalue weighted by molar-refractivity contribution is -0.129. The zero-order chi connectivity index (χ0) is 12.8. The van der Waals surface area contributed by atoms with E-state index in [0.717, 1.165) is 5.69 Å². The summed E-state index contributed by atoms with van der Waals surface area (Å²) in [6.07, 6.45) is 3.01. The molecule has 0 radical (unpaired) electrons. The molecule has 0 aromatic heterocycles. The van der Waals surface area contributed by atoms with Crippen LogP contribution in [0.5, 0.6) is 0 Å². The van der Waals surface area contributed by atoms with Crippen LogP contribution in [0.25, 0.3) is 0 Å². The second-order valence-corrected chi connectivity index (χ2v) is 4.43. The van der Waals surface area contributed by atoms with Crippen LogP contribution < -0.4 is 4.90 Å². The van der Waals surface area contributed by atoms with Crippen molar-refractivity contribution in [3.63, 3.8) is 0 Å². The van der Waals surface area contributed by atoms with Crippen molar-refractivity contribution in [3.8, 4) is 0 Å². The van der Waals surface area contributed by atoms with Gasteiger partial charge in [0.2, 0.25) is 5.72 Å². The van der Waals surface area contributed by atoms with Gasteiger partial charge in [-0.25, -0.2) is 0 Å². The molecule has 2 aliphatic heterocycles. The summed E-state index contributed by atoms with van der Waals surface area (Å²) in [5, 5.41) is 22.6. The molecular weight excluding hydrogens is 232 g/mol. The van der Waals surface area contributed by atoms with Crippen molar-refractivity contribution < 1.29 is 15.1 Å². The largest absolute Gasteiger partial charge is 0.411 e. The minimum atomic E-state index is -1.62. The molecule has 2 N–H and O–H groups in total. The number of aliphatic hydroxyl groups is 1. The number of benzene rings is 1. The lowest BCUT2D eigenvalue weighted by Gasteiger charge is -2.38. The van der Waals surface area contributed by atoms with Crippen LogP contribution >= 0.6 is 0 Å². The first-order valence-corrected chi connectivity index (χ1v) is 5.68. The molecule has 2 atom stereocenters. The zero-order valence-corrected chi connectivity index (χ0v) is 9.52. The van der Waals surface area contributed by atoms with Crippen molar-refractivity contribution in [2.45, 2.75) is 18.2 Å². The molecule has 1 fully saturated rings. The number of hydrogen-bond acceptors (Lipinski definition) is 5. The smallest absolute Gasteiger partial charge is 0.219 e. The van der Waals surface area contributed by atoms with Crippen molar-refractivity contribution in [2.75, 3.05) is 4.90 Å². The number of oxime groups is 1. The Morgan fingerprint density at radius 1 is 1.33 bits per heavy atom. The lowest BCUT2D eigenvalue weighted by atomic mass is 10.0. The molecule has 5 heteroatoms. The summed E-state index contributed by atoms with van der Waals surface area (Å²) in [4.78, 5) is 13.5. The Kier molecular flexibility index (Phi) is 2.24. The third-order valence-corrected chi connectivity index (χ3v) is 3.45. The minimum absolute atomic E-state index is 0.137. The summed E-state index contributed by atoms with van der Waals surface area (Å²) < 4.78 is 0. The summed E-state index contributed by atoms with van der Waals surface area (Å²) in [6.45, 7) is 0. The van der Waals surface area contributed by atoms with Crippen LogP contribution in [0.1, 0.15) is 6.42 Å². The highest BCUT2D eigenvalue weighted by Crippen LogP contribution is 2.38. The maximum absolute atomic E-state index is 11.9. The molecule has 1 saturated heterocycles. The van der Waals surface area contributed by atoms with Gasteiger partial charge in [-0.2, -0.15) is 0 Å². The highest BCUT2D eigenvalue weighted by atomic mass is 16.4. The fourth-order valence-electron chi connectivity index (χ4n) is 2.58. The molecule has 0 unspecified atom stereocenters. The normalized spacial score (nSPS) is 32.3. The summed E-state index contributed by atoms with van der Waals surface area (Å²) in [7, 11) is 0. The first-order valence-electron chi connectivity index (χ1n) is 5.68. The van der Waals surface area contributed by atoms with E-state index in [1.807, 2.05) is 30.3 Å². The molecular formula is C13H12N2O3. The number of para-hydroxylation sites is 1. The molecule has 2 aliphatic rings. The summed E-state index contributed by atoms with van der Waals surface area (Å²) >= 11 is 0. The Bertz CT molecular complexity index is 553. The van der Waals surface area contributed by atoms with Crippen LogP contribution in [0, 0.1) is 0 Å². The second-order valence-electron chi connectivity index (χ2n) is 4.43. The van der Waals surface area contributed by atoms with E-state index in [0.29, 0.717) is 5.71 Å². The van der Waals surface area contributed by atoms with E-state index >= 15 is 0 Å². The monoisotopic (exact) mass is 244 g/mol. The van der Waals surface area contributed by atoms with Gasteiger partial charge in [0.05, 0.1) is 6.04 Å². The van der Waals surface area contributed by atoms with Gasteiger partial charge in [0.1, 0.15) is 5.71 Å². The molecule has 0 amide bonds. The minimum Gasteiger partial charge on any atom is -0.411 e. The van der Waals surface area contributed by atoms with Gasteiger partial charge in [-0.1, -0.05) is 23.4 Å². The fourth-order valence-corrected chi connectivity index (χ4v) is 2.58. The first kappa shape index (κ1) is 11.0. The van der Waals surface area contributed by atoms with Gasteiger partial charge in [-0.05, 0) is 24.3 Å². The molecule has 1 aromatic carbocycles. The highest BCUT2D eigenvalue weighted by Gasteiger charge is 2.54. The molecule has 3 rings (SSSR count). The van der Waals surface area contributed by atoms with E-state index in [1.165, 1.54) is 12.2 Å². The van der Waals surface area contributed by atoms with Crippen molar-refractivity contribution in [3.05, 3.63) is 42.5 Å². The van der Waals surface area contributed by atoms with Crippen LogP contribution in [0.2, 0.25) is 0 Å². The van der Waals surface area contributed by atoms with Gasteiger partial charge >= 0.3 is 0 Å². The van der Waals surface area contributed by atoms with E-state index in [1.54, 1.807) is 4.90 Å². The van der Waals surface area contributed by atoms with E-state index in [-0.39, 0.29) is 12.2 Å². The van der Waals surface area contributed by atoms with Crippen molar-refractivity contribution in [2.24, 2.45) is 5.16 Å². The number of ketones is 1. The molecule has 2 bridgehead atoms. The lowest BCUT2D eigenvalue weighted by Crippen LogP contribution is -2.53. The van der Waals surface area contributed by atoms with E-state index < -0.39 is 11.8 Å². The third kappa shape index (κ3) is 1.31. The van der Waals surface area contributed by atoms with Gasteiger partial charge in [0.15, 0.2) is 5.78 Å². The number of fused-ring (bicyclic) bond motifs is 2. The predicted molar refractivity (Wildman–Crippen MR) is 65.6 cm³/mol. The number of hydrogen-bond donors (Lipinski definition) is 2. The van der Waals surface area contributed by atoms with Crippen LogP contribution in [0.3, 0.4) is 0 Å². The number of anilines is 1. The Labute approximate surface area is 104 Å². The van der Waals surface area contributed by atoms with E-state index in [4.69, 9.17) is 5.21 Å². The standard InChI is InChI=1S/C13H12N2O3/c16-12-8-11-10(14-18)6-7-13(12,17)15(11)9-4-2-1-3-5-9/h1-7,11,17-18H,8H2/b14-10-/t11-,13+/m0/s1. The second kappa shape index (κ2) is 3.68. The topological polar surface area (TPSA) is 73.1 Å². The number of nitrogens with zero attached hydrogens (tertiary/aromatic N) is 2. The maximum atomic E-state index is 11.9. The van der Waals surface area contributed by atoms with Gasteiger partial charge < -0.3 is 15.2 Å². The summed E-state index contributed by atoms with van der Waals surface area (Å²) in [6, 6.07) is 8.72. The number of carbonyl (C=O) groups is 1. The molecule has 5 nitrogen and oxygen atoms in total. The number of Topliss-reactive ketones (excluding diaryl/α,β-unsaturated/α-hetero) is 1. The molecule has 92 valence electrons. The average molecular weight is 244 g/mol. The molecule has 0 aliphatic carbocycles. The Morgan fingerprint density at radius 2 is 2.06 bits per heavy atom. The van der Waals surface area contributed by atoms with Gasteiger partial charge in [-0.3, -0.25) is 4.79 Å². The number of carbonyl (C=O) groups excluding carboxylic acids is 1. The SMILES string of the molecule is O=C1C[C@H]2/C(=N\O)C=C[C@]1(O)N2c1ccccc1. The summed E-state index contributed by atoms with van der Waals surface area (Å²) in [5.41, 5.74) is -0.518. The Morgan fingerprint density at radius 3 is 2.72 bits per heavy atom. The molecule has 0 spiro atoms.